The zero-order valence-corrected chi connectivity index (χ0v) is 9.79. The molecule has 0 spiro atoms. The smallest absolute Gasteiger partial charge is 0.0196 e. The summed E-state index contributed by atoms with van der Waals surface area (Å²) in [6, 6.07) is 1.39. The van der Waals surface area contributed by atoms with E-state index in [1.54, 1.807) is 0 Å². The van der Waals surface area contributed by atoms with Crippen molar-refractivity contribution in [3.63, 3.8) is 0 Å². The molecule has 14 heavy (non-hydrogen) atoms. The molecular weight excluding hydrogens is 172 g/mol. The Morgan fingerprint density at radius 3 is 2.93 bits per heavy atom. The molecular formula is C12H24N2. The molecule has 2 nitrogen and oxygen atoms in total. The van der Waals surface area contributed by atoms with Gasteiger partial charge in [0, 0.05) is 31.7 Å². The van der Waals surface area contributed by atoms with E-state index >= 15 is 0 Å². The van der Waals surface area contributed by atoms with Crippen LogP contribution < -0.4 is 5.32 Å². The summed E-state index contributed by atoms with van der Waals surface area (Å²) >= 11 is 0. The van der Waals surface area contributed by atoms with Gasteiger partial charge in [0.2, 0.25) is 0 Å². The topological polar surface area (TPSA) is 15.3 Å². The number of nitrogens with zero attached hydrogens (tertiary/aromatic N) is 1. The minimum Gasteiger partial charge on any atom is -0.311 e. The maximum atomic E-state index is 3.61. The van der Waals surface area contributed by atoms with E-state index in [1.165, 1.54) is 19.4 Å². The lowest BCUT2D eigenvalue weighted by Gasteiger charge is -2.38. The predicted molar refractivity (Wildman–Crippen MR) is 62.5 cm³/mol. The molecule has 2 unspecified atom stereocenters. The number of piperazine rings is 1. The lowest BCUT2D eigenvalue weighted by Crippen LogP contribution is -2.55. The highest BCUT2D eigenvalue weighted by Crippen LogP contribution is 2.09. The van der Waals surface area contributed by atoms with Gasteiger partial charge in [-0.05, 0) is 20.3 Å². The van der Waals surface area contributed by atoms with Crippen molar-refractivity contribution < 1.29 is 0 Å². The Bertz CT molecular complexity index is 177. The Labute approximate surface area is 88.4 Å². The number of allylic oxidation sites excluding steroid dienone is 1. The molecule has 1 heterocycles. The third-order valence-electron chi connectivity index (χ3n) is 2.99. The van der Waals surface area contributed by atoms with Gasteiger partial charge >= 0.3 is 0 Å². The van der Waals surface area contributed by atoms with Crippen molar-refractivity contribution in [3.8, 4) is 0 Å². The fraction of sp³-hybridized carbons (Fsp3) is 0.833. The first-order chi connectivity index (χ1) is 6.77. The molecule has 1 rings (SSSR count). The second-order valence-corrected chi connectivity index (χ2v) is 4.27. The van der Waals surface area contributed by atoms with Crippen molar-refractivity contribution in [3.05, 3.63) is 12.2 Å². The van der Waals surface area contributed by atoms with Crippen LogP contribution in [-0.4, -0.2) is 36.6 Å². The van der Waals surface area contributed by atoms with Crippen molar-refractivity contribution in [2.24, 2.45) is 0 Å². The van der Waals surface area contributed by atoms with E-state index in [0.29, 0.717) is 12.1 Å². The Balaban J connectivity index is 2.38. The van der Waals surface area contributed by atoms with Crippen molar-refractivity contribution in [1.82, 2.24) is 10.2 Å². The Hall–Kier alpha value is -0.340. The van der Waals surface area contributed by atoms with Crippen LogP contribution in [0.25, 0.3) is 0 Å². The van der Waals surface area contributed by atoms with Crippen LogP contribution in [0.5, 0.6) is 0 Å². The molecule has 1 aliphatic rings. The van der Waals surface area contributed by atoms with Crippen LogP contribution in [0, 0.1) is 0 Å². The van der Waals surface area contributed by atoms with Crippen LogP contribution >= 0.6 is 0 Å². The average molecular weight is 196 g/mol. The first-order valence-corrected chi connectivity index (χ1v) is 5.86. The highest BCUT2D eigenvalue weighted by Gasteiger charge is 2.22. The molecule has 1 fully saturated rings. The number of hydrogen-bond donors (Lipinski definition) is 1. The molecule has 2 heteroatoms. The van der Waals surface area contributed by atoms with E-state index in [9.17, 15) is 0 Å². The van der Waals surface area contributed by atoms with E-state index in [-0.39, 0.29) is 0 Å². The Morgan fingerprint density at radius 2 is 2.29 bits per heavy atom. The van der Waals surface area contributed by atoms with Gasteiger partial charge in [-0.3, -0.25) is 4.90 Å². The molecule has 1 aliphatic heterocycles. The fourth-order valence-corrected chi connectivity index (χ4v) is 2.03. The number of rotatable bonds is 4. The summed E-state index contributed by atoms with van der Waals surface area (Å²) in [7, 11) is 0. The third-order valence-corrected chi connectivity index (χ3v) is 2.99. The predicted octanol–water partition coefficient (Wildman–Crippen LogP) is 2.02. The maximum absolute atomic E-state index is 3.61. The van der Waals surface area contributed by atoms with Gasteiger partial charge in [0.15, 0.2) is 0 Å². The normalized spacial score (nSPS) is 29.9. The summed E-state index contributed by atoms with van der Waals surface area (Å²) in [5.74, 6) is 0. The van der Waals surface area contributed by atoms with E-state index in [2.05, 4.69) is 43.1 Å². The zero-order chi connectivity index (χ0) is 10.4. The first kappa shape index (κ1) is 11.7. The fourth-order valence-electron chi connectivity index (χ4n) is 2.03. The summed E-state index contributed by atoms with van der Waals surface area (Å²) in [6.45, 7) is 10.1. The molecule has 0 aromatic carbocycles. The van der Waals surface area contributed by atoms with Crippen molar-refractivity contribution in [2.75, 3.05) is 19.6 Å². The van der Waals surface area contributed by atoms with Gasteiger partial charge in [0.25, 0.3) is 0 Å². The van der Waals surface area contributed by atoms with Gasteiger partial charge in [-0.2, -0.15) is 0 Å². The monoisotopic (exact) mass is 196 g/mol. The van der Waals surface area contributed by atoms with Crippen LogP contribution in [0.15, 0.2) is 12.2 Å². The average Bonchev–Trinajstić information content (AvgIpc) is 2.19. The largest absolute Gasteiger partial charge is 0.311 e. The van der Waals surface area contributed by atoms with E-state index < -0.39 is 0 Å². The van der Waals surface area contributed by atoms with Crippen LogP contribution in [0.1, 0.15) is 33.6 Å². The van der Waals surface area contributed by atoms with Crippen LogP contribution in [0.3, 0.4) is 0 Å². The second kappa shape index (κ2) is 6.20. The summed E-state index contributed by atoms with van der Waals surface area (Å²) in [5, 5.41) is 3.61. The molecule has 0 aromatic rings. The molecule has 0 amide bonds. The summed E-state index contributed by atoms with van der Waals surface area (Å²) in [5.41, 5.74) is 0. The number of hydrogen-bond acceptors (Lipinski definition) is 2. The standard InChI is InChI=1S/C12H24N2/c1-4-6-8-14-10-12(7-5-2)13-9-11(14)3/h4,6,11-13H,5,7-10H2,1-3H3/b6-4+. The van der Waals surface area contributed by atoms with Crippen LogP contribution in [0.2, 0.25) is 0 Å². The molecule has 1 saturated heterocycles. The van der Waals surface area contributed by atoms with Crippen molar-refractivity contribution in [1.29, 1.82) is 0 Å². The lowest BCUT2D eigenvalue weighted by molar-refractivity contribution is 0.152. The van der Waals surface area contributed by atoms with Gasteiger partial charge in [-0.1, -0.05) is 25.5 Å². The maximum Gasteiger partial charge on any atom is 0.0196 e. The van der Waals surface area contributed by atoms with Crippen molar-refractivity contribution in [2.45, 2.75) is 45.7 Å². The van der Waals surface area contributed by atoms with Crippen LogP contribution in [-0.2, 0) is 0 Å². The molecule has 0 aliphatic carbocycles. The lowest BCUT2D eigenvalue weighted by atomic mass is 10.1. The van der Waals surface area contributed by atoms with E-state index in [0.717, 1.165) is 13.1 Å². The molecule has 0 saturated carbocycles. The molecule has 2 atom stereocenters. The first-order valence-electron chi connectivity index (χ1n) is 5.86. The molecule has 0 bridgehead atoms. The SMILES string of the molecule is C/C=C/CN1CC(CCC)NCC1C. The highest BCUT2D eigenvalue weighted by molar-refractivity contribution is 4.89. The third kappa shape index (κ3) is 3.43. The molecule has 0 radical (unpaired) electrons. The quantitative estimate of drug-likeness (QED) is 0.692. The van der Waals surface area contributed by atoms with Gasteiger partial charge < -0.3 is 5.32 Å². The minimum atomic E-state index is 0.680. The van der Waals surface area contributed by atoms with E-state index in [4.69, 9.17) is 0 Å². The number of nitrogens with one attached hydrogen (secondary N) is 1. The summed E-state index contributed by atoms with van der Waals surface area (Å²) in [6.07, 6.45) is 6.98. The van der Waals surface area contributed by atoms with Gasteiger partial charge in [0.05, 0.1) is 0 Å². The molecule has 82 valence electrons. The Kier molecular flexibility index (Phi) is 5.20. The zero-order valence-electron chi connectivity index (χ0n) is 9.79. The highest BCUT2D eigenvalue weighted by atomic mass is 15.2. The van der Waals surface area contributed by atoms with Crippen molar-refractivity contribution >= 4 is 0 Å². The molecule has 0 aromatic heterocycles. The summed E-state index contributed by atoms with van der Waals surface area (Å²) < 4.78 is 0. The van der Waals surface area contributed by atoms with E-state index in [1.807, 2.05) is 0 Å². The Morgan fingerprint density at radius 1 is 1.50 bits per heavy atom. The minimum absolute atomic E-state index is 0.680. The summed E-state index contributed by atoms with van der Waals surface area (Å²) in [4.78, 5) is 2.57. The van der Waals surface area contributed by atoms with Gasteiger partial charge in [-0.25, -0.2) is 0 Å². The van der Waals surface area contributed by atoms with Gasteiger partial charge in [-0.15, -0.1) is 0 Å². The van der Waals surface area contributed by atoms with Crippen LogP contribution in [0.4, 0.5) is 0 Å². The van der Waals surface area contributed by atoms with Gasteiger partial charge in [0.1, 0.15) is 0 Å². The molecule has 1 N–H and O–H groups in total. The second-order valence-electron chi connectivity index (χ2n) is 4.27.